The molecular weight excluding hydrogens is 282 g/mol. The van der Waals surface area contributed by atoms with E-state index >= 15 is 0 Å². The zero-order valence-electron chi connectivity index (χ0n) is 12.5. The first-order valence-electron chi connectivity index (χ1n) is 7.24. The molecule has 0 aliphatic heterocycles. The predicted octanol–water partition coefficient (Wildman–Crippen LogP) is 3.89. The van der Waals surface area contributed by atoms with Crippen molar-refractivity contribution in [1.82, 2.24) is 10.2 Å². The second-order valence-electron chi connectivity index (χ2n) is 5.71. The van der Waals surface area contributed by atoms with Gasteiger partial charge in [-0.2, -0.15) is 0 Å². The van der Waals surface area contributed by atoms with Crippen molar-refractivity contribution in [2.45, 2.75) is 38.5 Å². The average molecular weight is 299 g/mol. The Balaban J connectivity index is 1.94. The highest BCUT2D eigenvalue weighted by atomic mass is 16.6. The fourth-order valence-corrected chi connectivity index (χ4v) is 2.99. The summed E-state index contributed by atoms with van der Waals surface area (Å²) in [4.78, 5) is 10.4. The van der Waals surface area contributed by atoms with Crippen LogP contribution in [0.1, 0.15) is 48.9 Å². The van der Waals surface area contributed by atoms with Gasteiger partial charge in [-0.3, -0.25) is 10.1 Å². The predicted molar refractivity (Wildman–Crippen MR) is 80.6 cm³/mol. The molecule has 1 aliphatic rings. The van der Waals surface area contributed by atoms with Crippen LogP contribution in [0, 0.1) is 17.0 Å². The van der Waals surface area contributed by atoms with Crippen LogP contribution in [0.3, 0.4) is 0 Å². The second kappa shape index (κ2) is 5.71. The zero-order chi connectivity index (χ0) is 15.7. The van der Waals surface area contributed by atoms with Crippen LogP contribution in [0.25, 0.3) is 0 Å². The van der Waals surface area contributed by atoms with Crippen LogP contribution in [-0.2, 0) is 0 Å². The van der Waals surface area contributed by atoms with Gasteiger partial charge in [0.2, 0.25) is 11.8 Å². The monoisotopic (exact) mass is 299 g/mol. The summed E-state index contributed by atoms with van der Waals surface area (Å²) in [6.07, 6.45) is 3.94. The van der Waals surface area contributed by atoms with Crippen LogP contribution in [-0.4, -0.2) is 15.1 Å². The normalized spacial score (nSPS) is 21.5. The standard InChI is InChI=1S/C16H17N3O3/c1-10-3-8-14(16-18-17-11(2)22-16)15(9-10)12-4-6-13(7-5-12)19(20)21/h3-7,14-15H,8-9H2,1-2H3. The molecule has 1 aromatic carbocycles. The van der Waals surface area contributed by atoms with E-state index in [4.69, 9.17) is 4.42 Å². The van der Waals surface area contributed by atoms with E-state index in [1.165, 1.54) is 5.57 Å². The van der Waals surface area contributed by atoms with Gasteiger partial charge in [-0.05, 0) is 31.2 Å². The number of hydrogen-bond donors (Lipinski definition) is 0. The molecule has 6 nitrogen and oxygen atoms in total. The van der Waals surface area contributed by atoms with Crippen molar-refractivity contribution in [3.63, 3.8) is 0 Å². The molecule has 1 heterocycles. The van der Waals surface area contributed by atoms with Crippen molar-refractivity contribution in [2.24, 2.45) is 0 Å². The van der Waals surface area contributed by atoms with Crippen molar-refractivity contribution >= 4 is 5.69 Å². The molecule has 1 aromatic heterocycles. The van der Waals surface area contributed by atoms with Crippen LogP contribution in [0.5, 0.6) is 0 Å². The molecule has 2 unspecified atom stereocenters. The third-order valence-corrected chi connectivity index (χ3v) is 4.14. The van der Waals surface area contributed by atoms with Gasteiger partial charge in [0.25, 0.3) is 5.69 Å². The highest BCUT2D eigenvalue weighted by Gasteiger charge is 2.31. The summed E-state index contributed by atoms with van der Waals surface area (Å²) in [5, 5.41) is 18.9. The minimum absolute atomic E-state index is 0.108. The van der Waals surface area contributed by atoms with Gasteiger partial charge in [-0.15, -0.1) is 10.2 Å². The molecule has 1 aliphatic carbocycles. The summed E-state index contributed by atoms with van der Waals surface area (Å²) in [5.41, 5.74) is 2.49. The second-order valence-corrected chi connectivity index (χ2v) is 5.71. The number of nitrogens with zero attached hydrogens (tertiary/aromatic N) is 3. The molecule has 0 saturated heterocycles. The SMILES string of the molecule is CC1=CCC(c2nnc(C)o2)C(c2ccc([N+](=O)[O-])cc2)C1. The Kier molecular flexibility index (Phi) is 3.75. The number of benzene rings is 1. The highest BCUT2D eigenvalue weighted by molar-refractivity contribution is 5.36. The molecule has 0 radical (unpaired) electrons. The van der Waals surface area contributed by atoms with Crippen LogP contribution in [0.4, 0.5) is 5.69 Å². The van der Waals surface area contributed by atoms with Gasteiger partial charge in [0.15, 0.2) is 0 Å². The largest absolute Gasteiger partial charge is 0.425 e. The number of nitro groups is 1. The molecule has 3 rings (SSSR count). The van der Waals surface area contributed by atoms with Gasteiger partial charge in [0.1, 0.15) is 0 Å². The highest BCUT2D eigenvalue weighted by Crippen LogP contribution is 2.43. The van der Waals surface area contributed by atoms with Crippen molar-refractivity contribution in [2.75, 3.05) is 0 Å². The summed E-state index contributed by atoms with van der Waals surface area (Å²) < 4.78 is 5.61. The Labute approximate surface area is 128 Å². The van der Waals surface area contributed by atoms with E-state index in [0.717, 1.165) is 18.4 Å². The Bertz CT molecular complexity index is 718. The quantitative estimate of drug-likeness (QED) is 0.488. The van der Waals surface area contributed by atoms with E-state index in [1.807, 2.05) is 12.1 Å². The Hall–Kier alpha value is -2.50. The number of hydrogen-bond acceptors (Lipinski definition) is 5. The van der Waals surface area contributed by atoms with Gasteiger partial charge in [-0.1, -0.05) is 23.8 Å². The maximum Gasteiger partial charge on any atom is 0.269 e. The van der Waals surface area contributed by atoms with E-state index in [9.17, 15) is 10.1 Å². The molecule has 0 N–H and O–H groups in total. The lowest BCUT2D eigenvalue weighted by Crippen LogP contribution is -2.16. The maximum absolute atomic E-state index is 10.8. The summed E-state index contributed by atoms with van der Waals surface area (Å²) in [5.74, 6) is 1.52. The van der Waals surface area contributed by atoms with E-state index < -0.39 is 0 Å². The van der Waals surface area contributed by atoms with Crippen LogP contribution in [0.2, 0.25) is 0 Å². The minimum Gasteiger partial charge on any atom is -0.425 e. The number of aryl methyl sites for hydroxylation is 1. The molecule has 0 spiro atoms. The lowest BCUT2D eigenvalue weighted by atomic mass is 9.76. The molecule has 0 amide bonds. The fourth-order valence-electron chi connectivity index (χ4n) is 2.99. The van der Waals surface area contributed by atoms with Crippen molar-refractivity contribution in [3.05, 3.63) is 63.4 Å². The molecule has 2 atom stereocenters. The Morgan fingerprint density at radius 3 is 2.50 bits per heavy atom. The third kappa shape index (κ3) is 2.77. The molecule has 22 heavy (non-hydrogen) atoms. The Morgan fingerprint density at radius 2 is 1.91 bits per heavy atom. The van der Waals surface area contributed by atoms with E-state index in [-0.39, 0.29) is 22.4 Å². The van der Waals surface area contributed by atoms with Crippen molar-refractivity contribution in [1.29, 1.82) is 0 Å². The van der Waals surface area contributed by atoms with E-state index in [2.05, 4.69) is 23.2 Å². The van der Waals surface area contributed by atoms with E-state index in [1.54, 1.807) is 19.1 Å². The number of aromatic nitrogens is 2. The Morgan fingerprint density at radius 1 is 1.18 bits per heavy atom. The van der Waals surface area contributed by atoms with Crippen LogP contribution < -0.4 is 0 Å². The fraction of sp³-hybridized carbons (Fsp3) is 0.375. The van der Waals surface area contributed by atoms with Crippen molar-refractivity contribution < 1.29 is 9.34 Å². The lowest BCUT2D eigenvalue weighted by molar-refractivity contribution is -0.384. The molecule has 114 valence electrons. The van der Waals surface area contributed by atoms with Gasteiger partial charge in [-0.25, -0.2) is 0 Å². The summed E-state index contributed by atoms with van der Waals surface area (Å²) in [6, 6.07) is 6.77. The molecule has 0 fully saturated rings. The van der Waals surface area contributed by atoms with Gasteiger partial charge < -0.3 is 4.42 Å². The van der Waals surface area contributed by atoms with E-state index in [0.29, 0.717) is 11.8 Å². The molecule has 2 aromatic rings. The van der Waals surface area contributed by atoms with Gasteiger partial charge in [0, 0.05) is 25.0 Å². The third-order valence-electron chi connectivity index (χ3n) is 4.14. The van der Waals surface area contributed by atoms with Crippen LogP contribution in [0.15, 0.2) is 40.3 Å². The summed E-state index contributed by atoms with van der Waals surface area (Å²) in [6.45, 7) is 3.88. The van der Waals surface area contributed by atoms with Gasteiger partial charge in [0.05, 0.1) is 4.92 Å². The topological polar surface area (TPSA) is 82.1 Å². The zero-order valence-corrected chi connectivity index (χ0v) is 12.5. The first-order valence-corrected chi connectivity index (χ1v) is 7.24. The molecule has 0 saturated carbocycles. The first-order chi connectivity index (χ1) is 10.5. The molecular formula is C16H17N3O3. The maximum atomic E-state index is 10.8. The van der Waals surface area contributed by atoms with Gasteiger partial charge >= 0.3 is 0 Å². The summed E-state index contributed by atoms with van der Waals surface area (Å²) >= 11 is 0. The number of allylic oxidation sites excluding steroid dienone is 2. The molecule has 6 heteroatoms. The average Bonchev–Trinajstić information content (AvgIpc) is 2.93. The number of non-ortho nitro benzene ring substituents is 1. The number of rotatable bonds is 3. The summed E-state index contributed by atoms with van der Waals surface area (Å²) in [7, 11) is 0. The lowest BCUT2D eigenvalue weighted by Gasteiger charge is -2.28. The molecule has 0 bridgehead atoms. The first kappa shape index (κ1) is 14.4. The number of nitro benzene ring substituents is 1. The van der Waals surface area contributed by atoms with Crippen molar-refractivity contribution in [3.8, 4) is 0 Å². The minimum atomic E-state index is -0.380. The van der Waals surface area contributed by atoms with Crippen LogP contribution >= 0.6 is 0 Å². The smallest absolute Gasteiger partial charge is 0.269 e.